The van der Waals surface area contributed by atoms with Gasteiger partial charge in [0.05, 0.1) is 13.1 Å². The molecule has 7 nitrogen and oxygen atoms in total. The molecule has 0 saturated carbocycles. The van der Waals surface area contributed by atoms with E-state index in [-0.39, 0.29) is 36.3 Å². The van der Waals surface area contributed by atoms with Gasteiger partial charge < -0.3 is 15.2 Å². The first-order chi connectivity index (χ1) is 13.6. The van der Waals surface area contributed by atoms with Crippen LogP contribution in [0.15, 0.2) is 29.3 Å². The number of guanidine groups is 1. The fraction of sp³-hybridized carbons (Fsp3) is 0.550. The second kappa shape index (κ2) is 11.4. The van der Waals surface area contributed by atoms with Gasteiger partial charge in [0.15, 0.2) is 11.8 Å². The molecule has 0 aliphatic carbocycles. The molecule has 160 valence electrons. The third kappa shape index (κ3) is 6.36. The molecular weight excluding hydrogens is 484 g/mol. The minimum absolute atomic E-state index is 0. The Labute approximate surface area is 189 Å². The third-order valence-electron chi connectivity index (χ3n) is 5.37. The molecule has 0 spiro atoms. The minimum Gasteiger partial charge on any atom is -0.355 e. The molecule has 1 fully saturated rings. The van der Waals surface area contributed by atoms with E-state index in [0.29, 0.717) is 24.1 Å². The van der Waals surface area contributed by atoms with Crippen LogP contribution in [0.1, 0.15) is 37.0 Å². The maximum atomic E-state index is 13.9. The molecule has 1 aliphatic heterocycles. The molecular formula is C20H31FIN7. The van der Waals surface area contributed by atoms with Crippen molar-refractivity contribution in [2.45, 2.75) is 45.8 Å². The van der Waals surface area contributed by atoms with Gasteiger partial charge in [-0.15, -0.1) is 34.2 Å². The number of aryl methyl sites for hydroxylation is 1. The van der Waals surface area contributed by atoms with E-state index in [2.05, 4.69) is 37.6 Å². The second-order valence-corrected chi connectivity index (χ2v) is 7.14. The Kier molecular flexibility index (Phi) is 9.28. The molecule has 0 radical (unpaired) electrons. The van der Waals surface area contributed by atoms with Crippen molar-refractivity contribution >= 4 is 29.9 Å². The standard InChI is InChI=1S/C20H30FN7.HI/c1-4-28-11-7-9-17(28)13-23-20(22-12-16-8-5-6-10-18(16)21)24-14-19-26-25-15(2)27(19)3;/h5-6,8,10,17H,4,7,9,11-14H2,1-3H3,(H2,22,23,24);1H. The maximum absolute atomic E-state index is 13.9. The van der Waals surface area contributed by atoms with E-state index in [9.17, 15) is 4.39 Å². The fourth-order valence-corrected chi connectivity index (χ4v) is 3.49. The van der Waals surface area contributed by atoms with E-state index in [0.717, 1.165) is 31.3 Å². The second-order valence-electron chi connectivity index (χ2n) is 7.14. The van der Waals surface area contributed by atoms with Gasteiger partial charge in [-0.2, -0.15) is 0 Å². The van der Waals surface area contributed by atoms with Crippen LogP contribution in [0.5, 0.6) is 0 Å². The third-order valence-corrected chi connectivity index (χ3v) is 5.37. The summed E-state index contributed by atoms with van der Waals surface area (Å²) in [5.74, 6) is 2.11. The summed E-state index contributed by atoms with van der Waals surface area (Å²) >= 11 is 0. The molecule has 0 amide bonds. The maximum Gasteiger partial charge on any atom is 0.192 e. The fourth-order valence-electron chi connectivity index (χ4n) is 3.49. The van der Waals surface area contributed by atoms with E-state index < -0.39 is 0 Å². The highest BCUT2D eigenvalue weighted by Crippen LogP contribution is 2.15. The molecule has 1 aliphatic rings. The molecule has 1 aromatic heterocycles. The summed E-state index contributed by atoms with van der Waals surface area (Å²) in [5.41, 5.74) is 0.578. The SMILES string of the molecule is CCN1CCCC1CNC(=NCc1ccccc1F)NCc1nnc(C)n1C.I. The first-order valence-electron chi connectivity index (χ1n) is 9.93. The predicted octanol–water partition coefficient (Wildman–Crippen LogP) is 2.60. The number of likely N-dealkylation sites (N-methyl/N-ethyl adjacent to an activating group) is 1. The summed E-state index contributed by atoms with van der Waals surface area (Å²) < 4.78 is 15.9. The Morgan fingerprint density at radius 3 is 2.76 bits per heavy atom. The normalized spacial score (nSPS) is 17.2. The van der Waals surface area contributed by atoms with Gasteiger partial charge in [-0.1, -0.05) is 25.1 Å². The molecule has 3 rings (SSSR count). The van der Waals surface area contributed by atoms with Gasteiger partial charge in [-0.25, -0.2) is 9.38 Å². The summed E-state index contributed by atoms with van der Waals surface area (Å²) in [5, 5.41) is 15.0. The lowest BCUT2D eigenvalue weighted by Gasteiger charge is -2.24. The summed E-state index contributed by atoms with van der Waals surface area (Å²) in [6, 6.07) is 7.25. The molecule has 0 bridgehead atoms. The summed E-state index contributed by atoms with van der Waals surface area (Å²) in [6.07, 6.45) is 2.41. The van der Waals surface area contributed by atoms with Gasteiger partial charge in [0.2, 0.25) is 0 Å². The highest BCUT2D eigenvalue weighted by atomic mass is 127. The van der Waals surface area contributed by atoms with Gasteiger partial charge in [-0.05, 0) is 38.9 Å². The van der Waals surface area contributed by atoms with Crippen molar-refractivity contribution in [3.8, 4) is 0 Å². The molecule has 1 aromatic carbocycles. The number of benzene rings is 1. The molecule has 1 saturated heterocycles. The molecule has 1 unspecified atom stereocenters. The van der Waals surface area contributed by atoms with Crippen molar-refractivity contribution in [2.75, 3.05) is 19.6 Å². The lowest BCUT2D eigenvalue weighted by Crippen LogP contribution is -2.44. The van der Waals surface area contributed by atoms with Gasteiger partial charge in [0, 0.05) is 25.2 Å². The molecule has 2 heterocycles. The van der Waals surface area contributed by atoms with Crippen LogP contribution in [-0.2, 0) is 20.1 Å². The lowest BCUT2D eigenvalue weighted by molar-refractivity contribution is 0.267. The Bertz CT molecular complexity index is 808. The van der Waals surface area contributed by atoms with Crippen LogP contribution in [-0.4, -0.2) is 51.3 Å². The van der Waals surface area contributed by atoms with Crippen molar-refractivity contribution in [3.63, 3.8) is 0 Å². The average molecular weight is 515 g/mol. The number of nitrogens with zero attached hydrogens (tertiary/aromatic N) is 5. The zero-order chi connectivity index (χ0) is 19.9. The number of aliphatic imine (C=N–C) groups is 1. The van der Waals surface area contributed by atoms with Crippen LogP contribution < -0.4 is 10.6 Å². The smallest absolute Gasteiger partial charge is 0.192 e. The van der Waals surface area contributed by atoms with E-state index in [4.69, 9.17) is 0 Å². The van der Waals surface area contributed by atoms with Crippen molar-refractivity contribution in [3.05, 3.63) is 47.3 Å². The van der Waals surface area contributed by atoms with Crippen LogP contribution in [0.2, 0.25) is 0 Å². The Hall–Kier alpha value is -1.75. The quantitative estimate of drug-likeness (QED) is 0.337. The zero-order valence-electron chi connectivity index (χ0n) is 17.4. The van der Waals surface area contributed by atoms with Crippen LogP contribution in [0.4, 0.5) is 4.39 Å². The van der Waals surface area contributed by atoms with Crippen LogP contribution in [0.25, 0.3) is 0 Å². The van der Waals surface area contributed by atoms with Gasteiger partial charge in [0.1, 0.15) is 11.6 Å². The van der Waals surface area contributed by atoms with Crippen LogP contribution in [0, 0.1) is 12.7 Å². The molecule has 29 heavy (non-hydrogen) atoms. The van der Waals surface area contributed by atoms with Gasteiger partial charge >= 0.3 is 0 Å². The lowest BCUT2D eigenvalue weighted by atomic mass is 10.2. The number of hydrogen-bond acceptors (Lipinski definition) is 4. The first-order valence-corrected chi connectivity index (χ1v) is 9.93. The molecule has 2 N–H and O–H groups in total. The zero-order valence-corrected chi connectivity index (χ0v) is 19.7. The number of hydrogen-bond donors (Lipinski definition) is 2. The number of aromatic nitrogens is 3. The Balaban J connectivity index is 0.00000300. The van der Waals surface area contributed by atoms with Crippen molar-refractivity contribution < 1.29 is 4.39 Å². The highest BCUT2D eigenvalue weighted by Gasteiger charge is 2.22. The van der Waals surface area contributed by atoms with E-state index in [1.807, 2.05) is 24.6 Å². The molecule has 9 heteroatoms. The van der Waals surface area contributed by atoms with Crippen molar-refractivity contribution in [1.82, 2.24) is 30.3 Å². The highest BCUT2D eigenvalue weighted by molar-refractivity contribution is 14.0. The number of nitrogens with one attached hydrogen (secondary N) is 2. The monoisotopic (exact) mass is 515 g/mol. The summed E-state index contributed by atoms with van der Waals surface area (Å²) in [4.78, 5) is 7.08. The number of halogens is 2. The van der Waals surface area contributed by atoms with E-state index >= 15 is 0 Å². The van der Waals surface area contributed by atoms with Gasteiger partial charge in [-0.3, -0.25) is 4.90 Å². The molecule has 2 aromatic rings. The summed E-state index contributed by atoms with van der Waals surface area (Å²) in [7, 11) is 1.94. The number of rotatable bonds is 7. The summed E-state index contributed by atoms with van der Waals surface area (Å²) in [6.45, 7) is 7.91. The predicted molar refractivity (Wildman–Crippen MR) is 124 cm³/mol. The largest absolute Gasteiger partial charge is 0.355 e. The minimum atomic E-state index is -0.234. The van der Waals surface area contributed by atoms with Crippen LogP contribution in [0.3, 0.4) is 0 Å². The first kappa shape index (κ1) is 23.5. The van der Waals surface area contributed by atoms with Crippen molar-refractivity contribution in [2.24, 2.45) is 12.0 Å². The van der Waals surface area contributed by atoms with Gasteiger partial charge in [0.25, 0.3) is 0 Å². The number of likely N-dealkylation sites (tertiary alicyclic amines) is 1. The van der Waals surface area contributed by atoms with E-state index in [1.54, 1.807) is 12.1 Å². The topological polar surface area (TPSA) is 70.4 Å². The molecule has 1 atom stereocenters. The Morgan fingerprint density at radius 2 is 2.07 bits per heavy atom. The average Bonchev–Trinajstić information content (AvgIpc) is 3.29. The van der Waals surface area contributed by atoms with Crippen molar-refractivity contribution in [1.29, 1.82) is 0 Å². The van der Waals surface area contributed by atoms with Crippen LogP contribution >= 0.6 is 24.0 Å². The Morgan fingerprint density at radius 1 is 1.28 bits per heavy atom. The van der Waals surface area contributed by atoms with E-state index in [1.165, 1.54) is 18.9 Å².